The lowest BCUT2D eigenvalue weighted by atomic mass is 9.96. The quantitative estimate of drug-likeness (QED) is 0.901. The molecule has 0 bridgehead atoms. The molecule has 1 aliphatic heterocycles. The first-order valence-electron chi connectivity index (χ1n) is 9.81. The van der Waals surface area contributed by atoms with Crippen LogP contribution in [0.4, 0.5) is 4.79 Å². The number of amides is 1. The molecule has 0 radical (unpaired) electrons. The highest BCUT2D eigenvalue weighted by atomic mass is 16.6. The molecule has 4 rings (SSSR count). The molecule has 1 aromatic carbocycles. The summed E-state index contributed by atoms with van der Waals surface area (Å²) < 4.78 is 7.84. The minimum absolute atomic E-state index is 0.229. The van der Waals surface area contributed by atoms with Crippen molar-refractivity contribution in [1.29, 1.82) is 0 Å². The summed E-state index contributed by atoms with van der Waals surface area (Å²) in [5.41, 5.74) is 0.826. The number of carbonyl (C=O) groups excluding carboxylic acids is 1. The Kier molecular flexibility index (Phi) is 5.18. The number of nitrogens with one attached hydrogen (secondary N) is 1. The van der Waals surface area contributed by atoms with Crippen LogP contribution in [0.15, 0.2) is 24.3 Å². The first kappa shape index (κ1) is 17.1. The molecule has 6 heteroatoms. The van der Waals surface area contributed by atoms with E-state index in [4.69, 9.17) is 4.74 Å². The highest BCUT2D eigenvalue weighted by molar-refractivity contribution is 5.75. The molecule has 138 valence electrons. The molecule has 2 heterocycles. The number of para-hydroxylation sites is 1. The zero-order chi connectivity index (χ0) is 17.8. The van der Waals surface area contributed by atoms with E-state index in [2.05, 4.69) is 20.1 Å². The van der Waals surface area contributed by atoms with Gasteiger partial charge in [-0.3, -0.25) is 0 Å². The lowest BCUT2D eigenvalue weighted by Crippen LogP contribution is -2.38. The molecule has 2 aromatic rings. The number of benzene rings is 1. The van der Waals surface area contributed by atoms with Crippen LogP contribution in [0.2, 0.25) is 0 Å². The van der Waals surface area contributed by atoms with Crippen LogP contribution in [0.5, 0.6) is 5.75 Å². The van der Waals surface area contributed by atoms with Crippen molar-refractivity contribution < 1.29 is 9.53 Å². The van der Waals surface area contributed by atoms with E-state index in [-0.39, 0.29) is 12.1 Å². The Labute approximate surface area is 154 Å². The van der Waals surface area contributed by atoms with Gasteiger partial charge >= 0.3 is 6.09 Å². The molecule has 26 heavy (non-hydrogen) atoms. The maximum Gasteiger partial charge on any atom is 0.412 e. The van der Waals surface area contributed by atoms with Gasteiger partial charge in [0.25, 0.3) is 0 Å². The van der Waals surface area contributed by atoms with E-state index in [1.807, 2.05) is 24.3 Å². The number of fused-ring (bicyclic) bond motifs is 1. The van der Waals surface area contributed by atoms with Gasteiger partial charge in [-0.25, -0.2) is 4.79 Å². The molecule has 2 aliphatic rings. The zero-order valence-corrected chi connectivity index (χ0v) is 15.1. The van der Waals surface area contributed by atoms with Crippen LogP contribution < -0.4 is 10.1 Å². The number of aromatic nitrogens is 3. The predicted octanol–water partition coefficient (Wildman–Crippen LogP) is 4.09. The van der Waals surface area contributed by atoms with Gasteiger partial charge < -0.3 is 14.6 Å². The monoisotopic (exact) mass is 354 g/mol. The fourth-order valence-corrected chi connectivity index (χ4v) is 3.97. The highest BCUT2D eigenvalue weighted by Gasteiger charge is 2.21. The highest BCUT2D eigenvalue weighted by Crippen LogP contribution is 2.30. The van der Waals surface area contributed by atoms with Gasteiger partial charge in [0.15, 0.2) is 5.82 Å². The third kappa shape index (κ3) is 3.74. The van der Waals surface area contributed by atoms with Crippen LogP contribution in [-0.4, -0.2) is 26.9 Å². The topological polar surface area (TPSA) is 69.0 Å². The summed E-state index contributed by atoms with van der Waals surface area (Å²) in [6, 6.07) is 7.83. The van der Waals surface area contributed by atoms with E-state index in [9.17, 15) is 4.79 Å². The Morgan fingerprint density at radius 3 is 2.73 bits per heavy atom. The van der Waals surface area contributed by atoms with Crippen molar-refractivity contribution in [2.75, 3.05) is 0 Å². The molecule has 0 unspecified atom stereocenters. The second-order valence-corrected chi connectivity index (χ2v) is 7.27. The summed E-state index contributed by atoms with van der Waals surface area (Å²) in [6.45, 7) is 0.917. The minimum Gasteiger partial charge on any atom is -0.410 e. The van der Waals surface area contributed by atoms with Gasteiger partial charge in [-0.05, 0) is 37.8 Å². The van der Waals surface area contributed by atoms with Crippen LogP contribution in [0.3, 0.4) is 0 Å². The molecular formula is C20H26N4O2. The summed E-state index contributed by atoms with van der Waals surface area (Å²) >= 11 is 0. The van der Waals surface area contributed by atoms with Crippen molar-refractivity contribution in [2.45, 2.75) is 70.4 Å². The minimum atomic E-state index is -0.375. The summed E-state index contributed by atoms with van der Waals surface area (Å²) in [7, 11) is 0. The molecular weight excluding hydrogens is 328 g/mol. The molecule has 1 fully saturated rings. The maximum atomic E-state index is 12.4. The van der Waals surface area contributed by atoms with Crippen LogP contribution in [-0.2, 0) is 13.0 Å². The lowest BCUT2D eigenvalue weighted by Gasteiger charge is -2.22. The van der Waals surface area contributed by atoms with Gasteiger partial charge in [0.1, 0.15) is 11.6 Å². The smallest absolute Gasteiger partial charge is 0.410 e. The molecule has 6 nitrogen and oxygen atoms in total. The van der Waals surface area contributed by atoms with E-state index in [1.165, 1.54) is 25.7 Å². The van der Waals surface area contributed by atoms with E-state index in [1.54, 1.807) is 0 Å². The number of hydrogen-bond acceptors (Lipinski definition) is 4. The van der Waals surface area contributed by atoms with Crippen LogP contribution in [0, 0.1) is 0 Å². The second kappa shape index (κ2) is 7.89. The average molecular weight is 354 g/mol. The molecule has 1 amide bonds. The Balaban J connectivity index is 1.54. The van der Waals surface area contributed by atoms with Gasteiger partial charge in [0, 0.05) is 19.0 Å². The summed E-state index contributed by atoms with van der Waals surface area (Å²) in [5, 5.41) is 11.8. The third-order valence-corrected chi connectivity index (χ3v) is 5.37. The lowest BCUT2D eigenvalue weighted by molar-refractivity contribution is 0.192. The van der Waals surface area contributed by atoms with E-state index < -0.39 is 0 Å². The van der Waals surface area contributed by atoms with Gasteiger partial charge in [-0.1, -0.05) is 37.8 Å². The molecule has 1 saturated carbocycles. The molecule has 0 saturated heterocycles. The fraction of sp³-hybridized carbons (Fsp3) is 0.550. The number of ether oxygens (including phenoxy) is 1. The standard InChI is InChI=1S/C20H26N4O2/c25-20(21-15-9-3-1-4-10-15)26-17-12-7-6-11-16(17)19-23-22-18-13-5-2-8-14-24(18)19/h6-7,11-12,15H,1-5,8-10,13-14H2,(H,21,25). The molecule has 1 N–H and O–H groups in total. The van der Waals surface area contributed by atoms with Crippen molar-refractivity contribution >= 4 is 6.09 Å². The fourth-order valence-electron chi connectivity index (χ4n) is 3.97. The van der Waals surface area contributed by atoms with Gasteiger partial charge in [-0.2, -0.15) is 0 Å². The Morgan fingerprint density at radius 1 is 1.04 bits per heavy atom. The van der Waals surface area contributed by atoms with Crippen molar-refractivity contribution in [3.05, 3.63) is 30.1 Å². The van der Waals surface area contributed by atoms with Gasteiger partial charge in [0.2, 0.25) is 0 Å². The van der Waals surface area contributed by atoms with Crippen molar-refractivity contribution in [3.63, 3.8) is 0 Å². The summed E-state index contributed by atoms with van der Waals surface area (Å²) in [5.74, 6) is 2.36. The van der Waals surface area contributed by atoms with Crippen molar-refractivity contribution in [2.24, 2.45) is 0 Å². The third-order valence-electron chi connectivity index (χ3n) is 5.37. The molecule has 1 aromatic heterocycles. The number of nitrogens with zero attached hydrogens (tertiary/aromatic N) is 3. The Bertz CT molecular complexity index is 765. The van der Waals surface area contributed by atoms with Crippen LogP contribution >= 0.6 is 0 Å². The Morgan fingerprint density at radius 2 is 1.85 bits per heavy atom. The van der Waals surface area contributed by atoms with Crippen LogP contribution in [0.1, 0.15) is 57.2 Å². The Hall–Kier alpha value is -2.37. The number of rotatable bonds is 3. The average Bonchev–Trinajstić information content (AvgIpc) is 2.91. The molecule has 0 atom stereocenters. The first-order valence-corrected chi connectivity index (χ1v) is 9.81. The number of hydrogen-bond donors (Lipinski definition) is 1. The zero-order valence-electron chi connectivity index (χ0n) is 15.1. The van der Waals surface area contributed by atoms with E-state index in [0.29, 0.717) is 5.75 Å². The number of carbonyl (C=O) groups is 1. The largest absolute Gasteiger partial charge is 0.412 e. The molecule has 0 spiro atoms. The van der Waals surface area contributed by atoms with E-state index in [0.717, 1.165) is 55.9 Å². The molecule has 1 aliphatic carbocycles. The van der Waals surface area contributed by atoms with Gasteiger partial charge in [-0.15, -0.1) is 10.2 Å². The SMILES string of the molecule is O=C(NC1CCCCC1)Oc1ccccc1-c1nnc2n1CCCCC2. The van der Waals surface area contributed by atoms with Crippen LogP contribution in [0.25, 0.3) is 11.4 Å². The van der Waals surface area contributed by atoms with E-state index >= 15 is 0 Å². The van der Waals surface area contributed by atoms with Crippen molar-refractivity contribution in [1.82, 2.24) is 20.1 Å². The number of aryl methyl sites for hydroxylation is 1. The summed E-state index contributed by atoms with van der Waals surface area (Å²) in [6.07, 6.45) is 9.75. The maximum absolute atomic E-state index is 12.4. The predicted molar refractivity (Wildman–Crippen MR) is 99.0 cm³/mol. The first-order chi connectivity index (χ1) is 12.8. The second-order valence-electron chi connectivity index (χ2n) is 7.27. The van der Waals surface area contributed by atoms with Crippen molar-refractivity contribution in [3.8, 4) is 17.1 Å². The summed E-state index contributed by atoms with van der Waals surface area (Å²) in [4.78, 5) is 12.4. The normalized spacial score (nSPS) is 18.0. The van der Waals surface area contributed by atoms with Gasteiger partial charge in [0.05, 0.1) is 5.56 Å².